The van der Waals surface area contributed by atoms with Gasteiger partial charge in [0.15, 0.2) is 0 Å². The van der Waals surface area contributed by atoms with Crippen LogP contribution in [0, 0.1) is 13.8 Å². The predicted molar refractivity (Wildman–Crippen MR) is 262 cm³/mol. The number of rotatable bonds is 9. The maximum absolute atomic E-state index is 4.01. The molecule has 61 heavy (non-hydrogen) atoms. The second kappa shape index (κ2) is 14.6. The third-order valence-electron chi connectivity index (χ3n) is 12.3. The molecule has 0 saturated carbocycles. The van der Waals surface area contributed by atoms with E-state index in [-0.39, 0.29) is 0 Å². The molecule has 4 heteroatoms. The van der Waals surface area contributed by atoms with Crippen LogP contribution in [0.15, 0.2) is 188 Å². The van der Waals surface area contributed by atoms with E-state index in [1.54, 1.807) is 0 Å². The first-order chi connectivity index (χ1) is 30.0. The molecular weight excluding hydrogens is 741 g/mol. The number of allylic oxidation sites excluding steroid dienone is 4. The second-order valence-electron chi connectivity index (χ2n) is 16.3. The lowest BCUT2D eigenvalue weighted by Crippen LogP contribution is -2.12. The molecule has 4 nitrogen and oxygen atoms in total. The van der Waals surface area contributed by atoms with Gasteiger partial charge in [0, 0.05) is 66.1 Å². The molecule has 0 aliphatic rings. The van der Waals surface area contributed by atoms with E-state index < -0.39 is 0 Å². The summed E-state index contributed by atoms with van der Waals surface area (Å²) in [4.78, 5) is 8.84. The molecule has 0 fully saturated rings. The Morgan fingerprint density at radius 3 is 1.82 bits per heavy atom. The minimum Gasteiger partial charge on any atom is -0.354 e. The van der Waals surface area contributed by atoms with Crippen LogP contribution in [0.3, 0.4) is 0 Å². The molecule has 3 heterocycles. The standard InChI is InChI=1S/C57H46N4/c1-5-6-9-20-39(4)54-51(59(40-21-10-7-11-22-40)42-25-16-18-37(2)33-42)31-29-44-47-36-53-48(35-49(47)58-56(44)54)45-30-32-52(55-46-27-14-15-28-50(46)61(53)57(45)55)60(41-23-12-8-13-24-41)43-26-17-19-38(3)34-43/h6-36,58H,5H2,1-4H3/b9-6-,39-20+. The molecule has 0 saturated heterocycles. The Balaban J connectivity index is 1.19. The Kier molecular flexibility index (Phi) is 8.75. The number of H-pyrrole nitrogens is 1. The first kappa shape index (κ1) is 36.5. The van der Waals surface area contributed by atoms with Gasteiger partial charge in [-0.15, -0.1) is 0 Å². The van der Waals surface area contributed by atoms with Crippen molar-refractivity contribution < 1.29 is 0 Å². The summed E-state index contributed by atoms with van der Waals surface area (Å²) in [6.07, 6.45) is 7.66. The Morgan fingerprint density at radius 2 is 1.15 bits per heavy atom. The summed E-state index contributed by atoms with van der Waals surface area (Å²) in [5.41, 5.74) is 17.6. The highest BCUT2D eigenvalue weighted by atomic mass is 15.2. The van der Waals surface area contributed by atoms with Crippen molar-refractivity contribution >= 4 is 99.6 Å². The molecule has 11 aromatic rings. The lowest BCUT2D eigenvalue weighted by molar-refractivity contribution is 1.22. The van der Waals surface area contributed by atoms with Crippen molar-refractivity contribution in [2.45, 2.75) is 34.1 Å². The SMILES string of the molecule is CC/C=C\C=C(/C)c1c(N(c2ccccc2)c2cccc(C)c2)ccc2c1[nH]c1cc3c4ccc(N(c5ccccc5)c5cccc(C)c5)c5c6ccccc6n(c3cc12)c45. The molecule has 0 atom stereocenters. The molecule has 0 unspecified atom stereocenters. The van der Waals surface area contributed by atoms with E-state index in [2.05, 4.69) is 235 Å². The second-order valence-corrected chi connectivity index (χ2v) is 16.3. The van der Waals surface area contributed by atoms with E-state index in [1.807, 2.05) is 0 Å². The highest BCUT2D eigenvalue weighted by Gasteiger charge is 2.26. The van der Waals surface area contributed by atoms with Gasteiger partial charge in [0.25, 0.3) is 0 Å². The van der Waals surface area contributed by atoms with Crippen LogP contribution in [0.4, 0.5) is 34.1 Å². The third kappa shape index (κ3) is 5.90. The number of fused-ring (bicyclic) bond motifs is 9. The maximum atomic E-state index is 4.01. The molecule has 0 amide bonds. The van der Waals surface area contributed by atoms with E-state index in [1.165, 1.54) is 76.8 Å². The summed E-state index contributed by atoms with van der Waals surface area (Å²) in [5.74, 6) is 0. The van der Waals surface area contributed by atoms with Crippen LogP contribution in [0.1, 0.15) is 37.0 Å². The number of anilines is 6. The van der Waals surface area contributed by atoms with Crippen molar-refractivity contribution in [3.05, 3.63) is 205 Å². The monoisotopic (exact) mass is 786 g/mol. The number of hydrogen-bond donors (Lipinski definition) is 1. The fraction of sp³-hybridized carbons (Fsp3) is 0.0877. The summed E-state index contributed by atoms with van der Waals surface area (Å²) in [5, 5.41) is 7.42. The van der Waals surface area contributed by atoms with E-state index >= 15 is 0 Å². The first-order valence-corrected chi connectivity index (χ1v) is 21.4. The van der Waals surface area contributed by atoms with Crippen LogP contribution >= 0.6 is 0 Å². The minimum atomic E-state index is 0.985. The van der Waals surface area contributed by atoms with Crippen LogP contribution in [-0.4, -0.2) is 9.38 Å². The number of nitrogens with zero attached hydrogens (tertiary/aromatic N) is 3. The molecule has 0 spiro atoms. The fourth-order valence-corrected chi connectivity index (χ4v) is 9.69. The average molecular weight is 787 g/mol. The minimum absolute atomic E-state index is 0.985. The molecule has 294 valence electrons. The summed E-state index contributed by atoms with van der Waals surface area (Å²) in [6, 6.07) is 62.2. The van der Waals surface area contributed by atoms with E-state index in [0.29, 0.717) is 0 Å². The molecule has 11 rings (SSSR count). The number of para-hydroxylation sites is 3. The van der Waals surface area contributed by atoms with Crippen molar-refractivity contribution in [1.82, 2.24) is 9.38 Å². The zero-order valence-electron chi connectivity index (χ0n) is 34.9. The zero-order chi connectivity index (χ0) is 41.2. The van der Waals surface area contributed by atoms with Gasteiger partial charge in [-0.3, -0.25) is 0 Å². The normalized spacial score (nSPS) is 12.4. The molecule has 0 radical (unpaired) electrons. The first-order valence-electron chi connectivity index (χ1n) is 21.4. The molecule has 0 bridgehead atoms. The van der Waals surface area contributed by atoms with Gasteiger partial charge in [-0.05, 0) is 123 Å². The largest absolute Gasteiger partial charge is 0.354 e. The topological polar surface area (TPSA) is 26.7 Å². The number of aromatic nitrogens is 2. The van der Waals surface area contributed by atoms with E-state index in [0.717, 1.165) is 45.9 Å². The van der Waals surface area contributed by atoms with E-state index in [9.17, 15) is 0 Å². The van der Waals surface area contributed by atoms with Crippen molar-refractivity contribution in [3.8, 4) is 0 Å². The molecule has 0 aliphatic carbocycles. The summed E-state index contributed by atoms with van der Waals surface area (Å²) in [6.45, 7) is 8.76. The lowest BCUT2D eigenvalue weighted by atomic mass is 9.98. The Bertz CT molecular complexity index is 3490. The van der Waals surface area contributed by atoms with Gasteiger partial charge < -0.3 is 19.2 Å². The van der Waals surface area contributed by atoms with Gasteiger partial charge in [0.2, 0.25) is 0 Å². The predicted octanol–water partition coefficient (Wildman–Crippen LogP) is 16.4. The third-order valence-corrected chi connectivity index (χ3v) is 12.3. The van der Waals surface area contributed by atoms with Gasteiger partial charge in [0.05, 0.1) is 33.4 Å². The van der Waals surface area contributed by atoms with Gasteiger partial charge in [-0.2, -0.15) is 0 Å². The highest BCUT2D eigenvalue weighted by Crippen LogP contribution is 2.49. The van der Waals surface area contributed by atoms with Gasteiger partial charge in [-0.1, -0.05) is 116 Å². The van der Waals surface area contributed by atoms with Gasteiger partial charge in [0.1, 0.15) is 0 Å². The molecule has 3 aromatic heterocycles. The van der Waals surface area contributed by atoms with Crippen molar-refractivity contribution in [2.75, 3.05) is 9.80 Å². The summed E-state index contributed by atoms with van der Waals surface area (Å²) < 4.78 is 2.52. The van der Waals surface area contributed by atoms with Crippen LogP contribution in [-0.2, 0) is 0 Å². The van der Waals surface area contributed by atoms with Crippen molar-refractivity contribution in [1.29, 1.82) is 0 Å². The number of aromatic amines is 1. The molecular formula is C57H46N4. The Hall–Kier alpha value is -7.56. The fourth-order valence-electron chi connectivity index (χ4n) is 9.69. The van der Waals surface area contributed by atoms with Gasteiger partial charge in [-0.25, -0.2) is 0 Å². The summed E-state index contributed by atoms with van der Waals surface area (Å²) >= 11 is 0. The number of nitrogens with one attached hydrogen (secondary N) is 1. The molecule has 0 aliphatic heterocycles. The Morgan fingerprint density at radius 1 is 0.541 bits per heavy atom. The van der Waals surface area contributed by atoms with Crippen LogP contribution in [0.2, 0.25) is 0 Å². The number of aryl methyl sites for hydroxylation is 2. The van der Waals surface area contributed by atoms with Crippen LogP contribution in [0.25, 0.3) is 65.5 Å². The molecule has 8 aromatic carbocycles. The Labute approximate surface area is 356 Å². The molecule has 1 N–H and O–H groups in total. The number of hydrogen-bond acceptors (Lipinski definition) is 2. The maximum Gasteiger partial charge on any atom is 0.0641 e. The lowest BCUT2D eigenvalue weighted by Gasteiger charge is -2.28. The van der Waals surface area contributed by atoms with Crippen molar-refractivity contribution in [2.24, 2.45) is 0 Å². The van der Waals surface area contributed by atoms with Crippen molar-refractivity contribution in [3.63, 3.8) is 0 Å². The van der Waals surface area contributed by atoms with Crippen LogP contribution in [0.5, 0.6) is 0 Å². The van der Waals surface area contributed by atoms with Gasteiger partial charge >= 0.3 is 0 Å². The zero-order valence-corrected chi connectivity index (χ0v) is 34.9. The highest BCUT2D eigenvalue weighted by molar-refractivity contribution is 6.29. The number of benzene rings is 8. The van der Waals surface area contributed by atoms with E-state index in [4.69, 9.17) is 0 Å². The van der Waals surface area contributed by atoms with Crippen LogP contribution < -0.4 is 9.80 Å². The summed E-state index contributed by atoms with van der Waals surface area (Å²) in [7, 11) is 0. The quantitative estimate of drug-likeness (QED) is 0.148. The average Bonchev–Trinajstić information content (AvgIpc) is 3.93. The smallest absolute Gasteiger partial charge is 0.0641 e.